The van der Waals surface area contributed by atoms with E-state index in [2.05, 4.69) is 5.10 Å². The van der Waals surface area contributed by atoms with Crippen LogP contribution in [0.1, 0.15) is 21.5 Å². The molecule has 11 heteroatoms. The summed E-state index contributed by atoms with van der Waals surface area (Å²) < 4.78 is 79.4. The SMILES string of the molecule is Cn1cc(C(=O)/C(C#N)=N/Nc2cc(C(F)(F)F)cc(C(F)(F)F)c2)c2ccccc21. The average Bonchev–Trinajstić information content (AvgIpc) is 3.04. The Morgan fingerprint density at radius 3 is 2.16 bits per heavy atom. The highest BCUT2D eigenvalue weighted by Gasteiger charge is 2.37. The molecule has 0 fully saturated rings. The maximum atomic E-state index is 13.0. The number of carbonyl (C=O) groups excluding carboxylic acids is 1. The Balaban J connectivity index is 1.99. The first-order chi connectivity index (χ1) is 14.4. The second-order valence-electron chi connectivity index (χ2n) is 6.48. The number of rotatable bonds is 4. The fraction of sp³-hybridized carbons (Fsp3) is 0.150. The van der Waals surface area contributed by atoms with Gasteiger partial charge >= 0.3 is 12.4 Å². The number of hydrogen-bond acceptors (Lipinski definition) is 4. The Hall–Kier alpha value is -3.81. The summed E-state index contributed by atoms with van der Waals surface area (Å²) in [7, 11) is 1.67. The second-order valence-corrected chi connectivity index (χ2v) is 6.48. The second kappa shape index (κ2) is 7.79. The minimum Gasteiger partial charge on any atom is -0.350 e. The number of anilines is 1. The van der Waals surface area contributed by atoms with E-state index in [0.717, 1.165) is 0 Å². The molecular weight excluding hydrogens is 426 g/mol. The van der Waals surface area contributed by atoms with E-state index in [4.69, 9.17) is 0 Å². The zero-order valence-corrected chi connectivity index (χ0v) is 15.6. The first-order valence-electron chi connectivity index (χ1n) is 8.54. The molecule has 1 N–H and O–H groups in total. The summed E-state index contributed by atoms with van der Waals surface area (Å²) in [5.41, 5.74) is -1.77. The number of nitrogens with one attached hydrogen (secondary N) is 1. The van der Waals surface area contributed by atoms with Crippen molar-refractivity contribution in [3.8, 4) is 6.07 Å². The molecule has 0 aliphatic rings. The summed E-state index contributed by atoms with van der Waals surface area (Å²) in [6.07, 6.45) is -8.64. The molecule has 3 aromatic rings. The van der Waals surface area contributed by atoms with Crippen LogP contribution in [-0.2, 0) is 19.4 Å². The molecule has 0 aliphatic carbocycles. The van der Waals surface area contributed by atoms with Crippen molar-refractivity contribution in [1.29, 1.82) is 5.26 Å². The van der Waals surface area contributed by atoms with Gasteiger partial charge in [-0.2, -0.15) is 36.7 Å². The zero-order chi connectivity index (χ0) is 23.0. The number of ketones is 1. The summed E-state index contributed by atoms with van der Waals surface area (Å²) >= 11 is 0. The average molecular weight is 438 g/mol. The van der Waals surface area contributed by atoms with Gasteiger partial charge in [-0.15, -0.1) is 0 Å². The van der Waals surface area contributed by atoms with Crippen LogP contribution in [0.3, 0.4) is 0 Å². The molecule has 2 aromatic carbocycles. The van der Waals surface area contributed by atoms with Crippen molar-refractivity contribution in [3.05, 3.63) is 65.4 Å². The van der Waals surface area contributed by atoms with Crippen LogP contribution in [0.5, 0.6) is 0 Å². The summed E-state index contributed by atoms with van der Waals surface area (Å²) in [4.78, 5) is 12.7. The number of nitriles is 1. The number of nitrogens with zero attached hydrogens (tertiary/aromatic N) is 3. The van der Waals surface area contributed by atoms with Gasteiger partial charge in [-0.1, -0.05) is 18.2 Å². The van der Waals surface area contributed by atoms with Gasteiger partial charge in [-0.3, -0.25) is 10.2 Å². The van der Waals surface area contributed by atoms with E-state index < -0.39 is 40.7 Å². The van der Waals surface area contributed by atoms with Gasteiger partial charge in [0.15, 0.2) is 0 Å². The number of aromatic nitrogens is 1. The van der Waals surface area contributed by atoms with Crippen LogP contribution in [0, 0.1) is 11.3 Å². The van der Waals surface area contributed by atoms with Crippen molar-refractivity contribution in [2.24, 2.45) is 12.1 Å². The fourth-order valence-electron chi connectivity index (χ4n) is 2.92. The van der Waals surface area contributed by atoms with Crippen molar-refractivity contribution in [2.45, 2.75) is 12.4 Å². The topological polar surface area (TPSA) is 70.2 Å². The molecule has 3 rings (SSSR count). The van der Waals surface area contributed by atoms with Crippen LogP contribution in [0.25, 0.3) is 10.9 Å². The van der Waals surface area contributed by atoms with E-state index in [1.54, 1.807) is 35.9 Å². The molecule has 0 bridgehead atoms. The third-order valence-electron chi connectivity index (χ3n) is 4.35. The van der Waals surface area contributed by atoms with Crippen LogP contribution in [-0.4, -0.2) is 16.1 Å². The molecule has 0 unspecified atom stereocenters. The molecule has 1 aromatic heterocycles. The summed E-state index contributed by atoms with van der Waals surface area (Å²) in [5.74, 6) is -0.838. The first kappa shape index (κ1) is 21.9. The maximum absolute atomic E-state index is 13.0. The first-order valence-corrected chi connectivity index (χ1v) is 8.54. The van der Waals surface area contributed by atoms with E-state index in [9.17, 15) is 36.4 Å². The van der Waals surface area contributed by atoms with Gasteiger partial charge < -0.3 is 4.57 Å². The Morgan fingerprint density at radius 2 is 1.61 bits per heavy atom. The van der Waals surface area contributed by atoms with Crippen LogP contribution in [0.2, 0.25) is 0 Å². The predicted molar refractivity (Wildman–Crippen MR) is 100 cm³/mol. The molecule has 0 spiro atoms. The summed E-state index contributed by atoms with van der Waals surface area (Å²) in [6, 6.07) is 9.05. The van der Waals surface area contributed by atoms with Gasteiger partial charge in [0.05, 0.1) is 22.4 Å². The highest BCUT2D eigenvalue weighted by atomic mass is 19.4. The van der Waals surface area contributed by atoms with Crippen molar-refractivity contribution in [2.75, 3.05) is 5.43 Å². The van der Waals surface area contributed by atoms with E-state index >= 15 is 0 Å². The molecule has 0 saturated carbocycles. The largest absolute Gasteiger partial charge is 0.416 e. The smallest absolute Gasteiger partial charge is 0.350 e. The lowest BCUT2D eigenvalue weighted by molar-refractivity contribution is -0.143. The number of para-hydroxylation sites is 1. The number of hydrazone groups is 1. The van der Waals surface area contributed by atoms with Crippen molar-refractivity contribution >= 4 is 28.1 Å². The van der Waals surface area contributed by atoms with Gasteiger partial charge in [0, 0.05) is 24.1 Å². The Morgan fingerprint density at radius 1 is 1.03 bits per heavy atom. The van der Waals surface area contributed by atoms with Crippen molar-refractivity contribution in [1.82, 2.24) is 4.57 Å². The molecule has 5 nitrogen and oxygen atoms in total. The van der Waals surface area contributed by atoms with Gasteiger partial charge in [0.25, 0.3) is 0 Å². The van der Waals surface area contributed by atoms with Crippen LogP contribution >= 0.6 is 0 Å². The molecule has 0 aliphatic heterocycles. The van der Waals surface area contributed by atoms with Crippen molar-refractivity contribution < 1.29 is 31.1 Å². The minimum atomic E-state index is -5.04. The number of carbonyl (C=O) groups is 1. The number of aryl methyl sites for hydroxylation is 1. The molecule has 31 heavy (non-hydrogen) atoms. The Kier molecular flexibility index (Phi) is 5.50. The van der Waals surface area contributed by atoms with Crippen LogP contribution in [0.4, 0.5) is 32.0 Å². The zero-order valence-electron chi connectivity index (χ0n) is 15.6. The van der Waals surface area contributed by atoms with E-state index in [1.165, 1.54) is 12.3 Å². The standard InChI is InChI=1S/C20H12F6N4O/c1-30-10-15(14-4-2-3-5-17(14)30)18(31)16(9-27)29-28-13-7-11(19(21,22)23)6-12(8-13)20(24,25)26/h2-8,10,28H,1H3/b29-16+. The lowest BCUT2D eigenvalue weighted by atomic mass is 10.1. The lowest BCUT2D eigenvalue weighted by Gasteiger charge is -2.13. The number of alkyl halides is 6. The highest BCUT2D eigenvalue weighted by molar-refractivity contribution is 6.52. The predicted octanol–water partition coefficient (Wildman–Crippen LogP) is 5.39. The Bertz CT molecular complexity index is 1200. The monoisotopic (exact) mass is 438 g/mol. The number of hydrogen-bond donors (Lipinski definition) is 1. The minimum absolute atomic E-state index is 0.0403. The molecule has 0 amide bonds. The normalized spacial score (nSPS) is 12.6. The van der Waals surface area contributed by atoms with Gasteiger partial charge in [-0.25, -0.2) is 0 Å². The number of halogens is 6. The Labute approximate surface area is 171 Å². The number of benzene rings is 2. The van der Waals surface area contributed by atoms with Crippen molar-refractivity contribution in [3.63, 3.8) is 0 Å². The fourth-order valence-corrected chi connectivity index (χ4v) is 2.92. The quantitative estimate of drug-likeness (QED) is 0.257. The van der Waals surface area contributed by atoms with E-state index in [0.29, 0.717) is 23.0 Å². The molecular formula is C20H12F6N4O. The molecule has 0 radical (unpaired) electrons. The van der Waals surface area contributed by atoms with Crippen LogP contribution < -0.4 is 5.43 Å². The summed E-state index contributed by atoms with van der Waals surface area (Å²) in [6.45, 7) is 0. The molecule has 1 heterocycles. The van der Waals surface area contributed by atoms with Gasteiger partial charge in [0.1, 0.15) is 6.07 Å². The van der Waals surface area contributed by atoms with Gasteiger partial charge in [0.2, 0.25) is 11.5 Å². The molecule has 160 valence electrons. The molecule has 0 atom stereocenters. The lowest BCUT2D eigenvalue weighted by Crippen LogP contribution is -2.15. The molecule has 0 saturated heterocycles. The summed E-state index contributed by atoms with van der Waals surface area (Å²) in [5, 5.41) is 13.2. The highest BCUT2D eigenvalue weighted by Crippen LogP contribution is 2.37. The number of fused-ring (bicyclic) bond motifs is 1. The maximum Gasteiger partial charge on any atom is 0.416 e. The third-order valence-corrected chi connectivity index (χ3v) is 4.35. The number of Topliss-reactive ketones (excluding diaryl/α,β-unsaturated/α-hetero) is 1. The van der Waals surface area contributed by atoms with E-state index in [1.807, 2.05) is 5.43 Å². The van der Waals surface area contributed by atoms with Gasteiger partial charge in [-0.05, 0) is 24.3 Å². The third kappa shape index (κ3) is 4.53. The van der Waals surface area contributed by atoms with E-state index in [-0.39, 0.29) is 11.6 Å². The van der Waals surface area contributed by atoms with Crippen LogP contribution in [0.15, 0.2) is 53.8 Å².